The molecule has 4 rings (SSSR count). The maximum atomic E-state index is 13.7. The van der Waals surface area contributed by atoms with Crippen molar-refractivity contribution in [1.29, 1.82) is 0 Å². The first kappa shape index (κ1) is 24.5. The molecule has 0 bridgehead atoms. The highest BCUT2D eigenvalue weighted by molar-refractivity contribution is 9.10. The number of alkyl halides is 3. The van der Waals surface area contributed by atoms with E-state index in [1.165, 1.54) is 17.2 Å². The number of nitrogen functional groups attached to an aromatic ring is 1. The van der Waals surface area contributed by atoms with Crippen LogP contribution in [0.3, 0.4) is 0 Å². The molecule has 0 fully saturated rings. The summed E-state index contributed by atoms with van der Waals surface area (Å²) in [6.07, 6.45) is 1.22. The normalized spacial score (nSPS) is 12.5. The summed E-state index contributed by atoms with van der Waals surface area (Å²) < 4.78 is 39.5. The molecule has 0 aliphatic carbocycles. The molecule has 2 N–H and O–H groups in total. The fourth-order valence-electron chi connectivity index (χ4n) is 3.54. The van der Waals surface area contributed by atoms with Crippen LogP contribution in [0.1, 0.15) is 46.8 Å². The maximum Gasteiger partial charge on any atom is 0.417 e. The number of rotatable bonds is 6. The first-order valence-corrected chi connectivity index (χ1v) is 11.3. The molecular formula is C23H19BrF3N7O. The van der Waals surface area contributed by atoms with E-state index in [9.17, 15) is 18.0 Å². The van der Waals surface area contributed by atoms with Gasteiger partial charge in [0.2, 0.25) is 0 Å². The summed E-state index contributed by atoms with van der Waals surface area (Å²) in [4.78, 5) is 36.2. The summed E-state index contributed by atoms with van der Waals surface area (Å²) in [5.41, 5.74) is 5.86. The van der Waals surface area contributed by atoms with Crippen molar-refractivity contribution in [2.24, 2.45) is 0 Å². The Kier molecular flexibility index (Phi) is 6.92. The van der Waals surface area contributed by atoms with Crippen molar-refractivity contribution in [3.8, 4) is 0 Å². The summed E-state index contributed by atoms with van der Waals surface area (Å²) in [6.45, 7) is 1.80. The molecule has 4 aromatic heterocycles. The van der Waals surface area contributed by atoms with Crippen LogP contribution in [0.4, 0.5) is 19.0 Å². The minimum Gasteiger partial charge on any atom is -0.383 e. The number of hydrogen-bond donors (Lipinski definition) is 1. The molecule has 0 aliphatic rings. The van der Waals surface area contributed by atoms with Crippen LogP contribution >= 0.6 is 15.9 Å². The average Bonchev–Trinajstić information content (AvgIpc) is 2.84. The van der Waals surface area contributed by atoms with E-state index in [-0.39, 0.29) is 23.6 Å². The summed E-state index contributed by atoms with van der Waals surface area (Å²) in [6, 6.07) is 6.64. The fourth-order valence-corrected chi connectivity index (χ4v) is 3.88. The zero-order valence-corrected chi connectivity index (χ0v) is 20.0. The fraction of sp³-hybridized carbons (Fsp3) is 0.217. The smallest absolute Gasteiger partial charge is 0.383 e. The summed E-state index contributed by atoms with van der Waals surface area (Å²) in [5.74, 6) is 0.265. The lowest BCUT2D eigenvalue weighted by molar-refractivity contribution is -0.137. The van der Waals surface area contributed by atoms with Gasteiger partial charge >= 0.3 is 6.18 Å². The molecular weight excluding hydrogens is 527 g/mol. The van der Waals surface area contributed by atoms with Crippen LogP contribution in [0.15, 0.2) is 59.6 Å². The van der Waals surface area contributed by atoms with Crippen LogP contribution in [0.25, 0.3) is 11.0 Å². The van der Waals surface area contributed by atoms with Crippen molar-refractivity contribution in [2.75, 3.05) is 5.73 Å². The van der Waals surface area contributed by atoms with Crippen molar-refractivity contribution in [3.63, 3.8) is 0 Å². The Hall–Kier alpha value is -3.67. The van der Waals surface area contributed by atoms with Gasteiger partial charge in [-0.25, -0.2) is 19.9 Å². The Morgan fingerprint density at radius 2 is 1.86 bits per heavy atom. The van der Waals surface area contributed by atoms with E-state index >= 15 is 0 Å². The second-order valence-corrected chi connectivity index (χ2v) is 8.48. The van der Waals surface area contributed by atoms with Gasteiger partial charge in [-0.15, -0.1) is 0 Å². The first-order valence-electron chi connectivity index (χ1n) is 10.5. The van der Waals surface area contributed by atoms with Gasteiger partial charge in [-0.05, 0) is 52.7 Å². The Morgan fingerprint density at radius 1 is 1.11 bits per heavy atom. The predicted molar refractivity (Wildman–Crippen MR) is 126 cm³/mol. The Morgan fingerprint density at radius 3 is 2.49 bits per heavy atom. The molecule has 4 heterocycles. The highest BCUT2D eigenvalue weighted by Crippen LogP contribution is 2.30. The van der Waals surface area contributed by atoms with E-state index < -0.39 is 23.7 Å². The minimum absolute atomic E-state index is 0.0601. The number of aromatic nitrogens is 5. The first-order chi connectivity index (χ1) is 16.7. The van der Waals surface area contributed by atoms with Gasteiger partial charge in [-0.3, -0.25) is 9.78 Å². The van der Waals surface area contributed by atoms with E-state index in [0.717, 1.165) is 12.3 Å². The Bertz CT molecular complexity index is 1350. The molecule has 35 heavy (non-hydrogen) atoms. The quantitative estimate of drug-likeness (QED) is 0.364. The Labute approximate surface area is 206 Å². The van der Waals surface area contributed by atoms with Crippen molar-refractivity contribution in [3.05, 3.63) is 82.2 Å². The number of hydrogen-bond acceptors (Lipinski definition) is 7. The van der Waals surface area contributed by atoms with Crippen molar-refractivity contribution < 1.29 is 18.0 Å². The Balaban J connectivity index is 1.74. The average molecular weight is 546 g/mol. The maximum absolute atomic E-state index is 13.7. The standard InChI is InChI=1S/C23H19BrF3N7O/c1-2-18(21-29-6-3-7-30-21)34(12-16-5-4-15(11-31-16)23(25,26)27)22(35)14-8-13-9-17(24)19(28)33-20(13)32-10-14/h3-11,18H,2,12H2,1H3,(H2,28,32,33)/t18-/m1/s1. The second kappa shape index (κ2) is 9.90. The van der Waals surface area contributed by atoms with Gasteiger partial charge in [0.15, 0.2) is 11.5 Å². The summed E-state index contributed by atoms with van der Waals surface area (Å²) >= 11 is 3.32. The van der Waals surface area contributed by atoms with E-state index in [2.05, 4.69) is 40.8 Å². The molecule has 0 saturated heterocycles. The lowest BCUT2D eigenvalue weighted by atomic mass is 10.1. The van der Waals surface area contributed by atoms with Crippen LogP contribution in [-0.4, -0.2) is 35.7 Å². The zero-order chi connectivity index (χ0) is 25.2. The van der Waals surface area contributed by atoms with E-state index in [1.807, 2.05) is 6.92 Å². The molecule has 0 spiro atoms. The highest BCUT2D eigenvalue weighted by atomic mass is 79.9. The molecule has 0 aliphatic heterocycles. The highest BCUT2D eigenvalue weighted by Gasteiger charge is 2.32. The molecule has 1 amide bonds. The monoisotopic (exact) mass is 545 g/mol. The molecule has 8 nitrogen and oxygen atoms in total. The molecule has 0 radical (unpaired) electrons. The molecule has 4 aromatic rings. The molecule has 0 saturated carbocycles. The molecule has 0 unspecified atom stereocenters. The van der Waals surface area contributed by atoms with Gasteiger partial charge in [-0.1, -0.05) is 6.92 Å². The van der Waals surface area contributed by atoms with E-state index in [1.54, 1.807) is 30.6 Å². The topological polar surface area (TPSA) is 111 Å². The van der Waals surface area contributed by atoms with Crippen molar-refractivity contribution >= 4 is 38.7 Å². The van der Waals surface area contributed by atoms with Gasteiger partial charge in [0.05, 0.1) is 33.9 Å². The molecule has 1 atom stereocenters. The third-order valence-corrected chi connectivity index (χ3v) is 5.92. The van der Waals surface area contributed by atoms with E-state index in [4.69, 9.17) is 5.73 Å². The third-order valence-electron chi connectivity index (χ3n) is 5.29. The second-order valence-electron chi connectivity index (χ2n) is 7.63. The number of halogens is 4. The zero-order valence-electron chi connectivity index (χ0n) is 18.4. The lowest BCUT2D eigenvalue weighted by Gasteiger charge is -2.30. The van der Waals surface area contributed by atoms with Crippen LogP contribution in [-0.2, 0) is 12.7 Å². The SMILES string of the molecule is CC[C@H](c1ncccn1)N(Cc1ccc(C(F)(F)F)cn1)C(=O)c1cnc2nc(N)c(Br)cc2c1. The van der Waals surface area contributed by atoms with Gasteiger partial charge < -0.3 is 10.6 Å². The minimum atomic E-state index is -4.51. The van der Waals surface area contributed by atoms with Gasteiger partial charge in [0.1, 0.15) is 5.82 Å². The number of pyridine rings is 3. The lowest BCUT2D eigenvalue weighted by Crippen LogP contribution is -2.35. The van der Waals surface area contributed by atoms with Crippen LogP contribution < -0.4 is 5.73 Å². The number of nitrogens with two attached hydrogens (primary N) is 1. The number of nitrogens with zero attached hydrogens (tertiary/aromatic N) is 6. The third kappa shape index (κ3) is 5.37. The largest absolute Gasteiger partial charge is 0.417 e. The van der Waals surface area contributed by atoms with Crippen LogP contribution in [0.2, 0.25) is 0 Å². The molecule has 0 aromatic carbocycles. The van der Waals surface area contributed by atoms with E-state index in [0.29, 0.717) is 27.8 Å². The van der Waals surface area contributed by atoms with Crippen molar-refractivity contribution in [2.45, 2.75) is 32.1 Å². The van der Waals surface area contributed by atoms with Gasteiger partial charge in [0.25, 0.3) is 5.91 Å². The molecule has 12 heteroatoms. The molecule has 180 valence electrons. The van der Waals surface area contributed by atoms with Crippen LogP contribution in [0.5, 0.6) is 0 Å². The number of carbonyl (C=O) groups is 1. The summed E-state index contributed by atoms with van der Waals surface area (Å²) in [7, 11) is 0. The number of amides is 1. The number of anilines is 1. The number of carbonyl (C=O) groups excluding carboxylic acids is 1. The van der Waals surface area contributed by atoms with Crippen molar-refractivity contribution in [1.82, 2.24) is 29.8 Å². The number of fused-ring (bicyclic) bond motifs is 1. The summed E-state index contributed by atoms with van der Waals surface area (Å²) in [5, 5.41) is 0.591. The predicted octanol–water partition coefficient (Wildman–Crippen LogP) is 4.97. The van der Waals surface area contributed by atoms with Gasteiger partial charge in [0, 0.05) is 30.2 Å². The van der Waals surface area contributed by atoms with Gasteiger partial charge in [-0.2, -0.15) is 13.2 Å². The van der Waals surface area contributed by atoms with Crippen LogP contribution in [0, 0.1) is 0 Å².